The fraction of sp³-hybridized carbons (Fsp3) is 0.225. The second-order valence-corrected chi connectivity index (χ2v) is 11.1. The number of anilines is 1. The Labute approximate surface area is 293 Å². The monoisotopic (exact) mass is 699 g/mol. The van der Waals surface area contributed by atoms with Gasteiger partial charge in [0.2, 0.25) is 0 Å². The molecule has 51 heavy (non-hydrogen) atoms. The van der Waals surface area contributed by atoms with E-state index in [1.54, 1.807) is 18.2 Å². The van der Waals surface area contributed by atoms with E-state index < -0.39 is 35.3 Å². The number of hydrogen-bond donors (Lipinski definition) is 1. The summed E-state index contributed by atoms with van der Waals surface area (Å²) in [4.78, 5) is 35.0. The van der Waals surface area contributed by atoms with Crippen LogP contribution in [0.1, 0.15) is 52.7 Å². The van der Waals surface area contributed by atoms with Gasteiger partial charge in [-0.2, -0.15) is 13.2 Å². The van der Waals surface area contributed by atoms with Crippen LogP contribution in [0.3, 0.4) is 0 Å². The highest BCUT2D eigenvalue weighted by Gasteiger charge is 2.34. The van der Waals surface area contributed by atoms with E-state index in [2.05, 4.69) is 30.3 Å². The molecule has 0 radical (unpaired) electrons. The van der Waals surface area contributed by atoms with E-state index in [4.69, 9.17) is 18.9 Å². The number of amides is 1. The number of alkyl halides is 3. The lowest BCUT2D eigenvalue weighted by molar-refractivity contribution is -0.138. The summed E-state index contributed by atoms with van der Waals surface area (Å²) in [6, 6.07) is 20.5. The smallest absolute Gasteiger partial charge is 0.418 e. The number of rotatable bonds is 16. The first-order chi connectivity index (χ1) is 24.5. The molecule has 0 aliphatic rings. The number of fused-ring (bicyclic) bond motifs is 1. The molecule has 0 bridgehead atoms. The largest absolute Gasteiger partial charge is 0.494 e. The molecule has 0 saturated carbocycles. The van der Waals surface area contributed by atoms with Gasteiger partial charge in [0.25, 0.3) is 5.91 Å². The van der Waals surface area contributed by atoms with Crippen molar-refractivity contribution in [3.05, 3.63) is 126 Å². The van der Waals surface area contributed by atoms with E-state index in [9.17, 15) is 27.6 Å². The number of esters is 2. The van der Waals surface area contributed by atoms with Gasteiger partial charge < -0.3 is 24.3 Å². The van der Waals surface area contributed by atoms with Crippen molar-refractivity contribution in [1.82, 2.24) is 0 Å². The third-order valence-electron chi connectivity index (χ3n) is 7.29. The van der Waals surface area contributed by atoms with Crippen LogP contribution < -0.4 is 14.8 Å². The minimum atomic E-state index is -4.75. The lowest BCUT2D eigenvalue weighted by Crippen LogP contribution is -2.17. The second-order valence-electron chi connectivity index (χ2n) is 11.1. The highest BCUT2D eigenvalue weighted by molar-refractivity contribution is 6.04. The van der Waals surface area contributed by atoms with Crippen LogP contribution in [0, 0.1) is 11.8 Å². The van der Waals surface area contributed by atoms with Crippen LogP contribution in [0.15, 0.2) is 104 Å². The molecule has 4 aromatic carbocycles. The maximum absolute atomic E-state index is 14.1. The standard InChI is InChI=1S/C40H36F3NO7/c1-3-37(45)50-23-7-5-21-48-33-17-14-30(15-18-33)39(47)44-36-20-12-29(26-35(36)40(41,42)43)10-9-28-11-13-32-27-34(19-16-31(32)25-28)49-22-6-8-24-51-38(46)4-2/h3-4,11-20,25-27H,1-2,5-8,21-24H2,(H,44,47). The minimum absolute atomic E-state index is 0.129. The topological polar surface area (TPSA) is 100 Å². The Morgan fingerprint density at radius 2 is 1.16 bits per heavy atom. The molecule has 0 saturated heterocycles. The number of carbonyl (C=O) groups is 3. The SMILES string of the molecule is C=CC(=O)OCCCCOc1ccc(C(=O)Nc2ccc(C#Cc3ccc4cc(OCCCCOC(=O)C=C)ccc4c3)cc2C(F)(F)F)cc1. The predicted octanol–water partition coefficient (Wildman–Crippen LogP) is 8.29. The Morgan fingerprint density at radius 1 is 0.647 bits per heavy atom. The van der Waals surface area contributed by atoms with Gasteiger partial charge in [-0.25, -0.2) is 9.59 Å². The maximum atomic E-state index is 14.1. The summed E-state index contributed by atoms with van der Waals surface area (Å²) in [5.74, 6) is 5.21. The molecule has 0 aliphatic carbocycles. The summed E-state index contributed by atoms with van der Waals surface area (Å²) in [5, 5.41) is 4.14. The molecule has 0 heterocycles. The zero-order valence-corrected chi connectivity index (χ0v) is 27.7. The number of halogens is 3. The summed E-state index contributed by atoms with van der Waals surface area (Å²) < 4.78 is 63.4. The van der Waals surface area contributed by atoms with E-state index in [-0.39, 0.29) is 17.7 Å². The average molecular weight is 700 g/mol. The molecule has 1 amide bonds. The first kappa shape index (κ1) is 37.8. The summed E-state index contributed by atoms with van der Waals surface area (Å²) in [6.07, 6.45) is 0.0295. The summed E-state index contributed by atoms with van der Waals surface area (Å²) in [7, 11) is 0. The van der Waals surface area contributed by atoms with Crippen LogP contribution in [0.4, 0.5) is 18.9 Å². The van der Waals surface area contributed by atoms with E-state index in [1.807, 2.05) is 30.3 Å². The van der Waals surface area contributed by atoms with E-state index in [0.717, 1.165) is 29.0 Å². The Kier molecular flexibility index (Phi) is 13.8. The van der Waals surface area contributed by atoms with Gasteiger partial charge >= 0.3 is 18.1 Å². The van der Waals surface area contributed by atoms with Crippen LogP contribution in [-0.4, -0.2) is 44.3 Å². The molecule has 4 aromatic rings. The van der Waals surface area contributed by atoms with Crippen LogP contribution in [0.5, 0.6) is 11.5 Å². The van der Waals surface area contributed by atoms with Crippen LogP contribution >= 0.6 is 0 Å². The molecule has 0 aliphatic heterocycles. The second kappa shape index (κ2) is 18.7. The van der Waals surface area contributed by atoms with Crippen molar-refractivity contribution < 1.29 is 46.5 Å². The quantitative estimate of drug-likeness (QED) is 0.0544. The van der Waals surface area contributed by atoms with Gasteiger partial charge in [-0.3, -0.25) is 4.79 Å². The third-order valence-corrected chi connectivity index (χ3v) is 7.29. The van der Waals surface area contributed by atoms with Crippen molar-refractivity contribution in [2.75, 3.05) is 31.7 Å². The number of carbonyl (C=O) groups excluding carboxylic acids is 3. The number of nitrogens with one attached hydrogen (secondary N) is 1. The molecule has 4 rings (SSSR count). The maximum Gasteiger partial charge on any atom is 0.418 e. The molecular weight excluding hydrogens is 663 g/mol. The highest BCUT2D eigenvalue weighted by Crippen LogP contribution is 2.36. The van der Waals surface area contributed by atoms with Gasteiger partial charge in [-0.05, 0) is 103 Å². The molecule has 0 atom stereocenters. The number of unbranched alkanes of at least 4 members (excludes halogenated alkanes) is 2. The molecule has 8 nitrogen and oxygen atoms in total. The summed E-state index contributed by atoms with van der Waals surface area (Å²) in [6.45, 7) is 8.01. The Bertz CT molecular complexity index is 1920. The van der Waals surface area contributed by atoms with E-state index >= 15 is 0 Å². The zero-order chi connectivity index (χ0) is 36.6. The van der Waals surface area contributed by atoms with Crippen molar-refractivity contribution >= 4 is 34.3 Å². The van der Waals surface area contributed by atoms with Crippen LogP contribution in [-0.2, 0) is 25.2 Å². The van der Waals surface area contributed by atoms with Crippen molar-refractivity contribution in [2.45, 2.75) is 31.9 Å². The molecule has 0 aromatic heterocycles. The van der Waals surface area contributed by atoms with E-state index in [1.165, 1.54) is 24.3 Å². The summed E-state index contributed by atoms with van der Waals surface area (Å²) in [5.41, 5.74) is -0.531. The van der Waals surface area contributed by atoms with Gasteiger partial charge in [0.1, 0.15) is 11.5 Å². The van der Waals surface area contributed by atoms with E-state index in [0.29, 0.717) is 62.6 Å². The molecule has 0 fully saturated rings. The molecule has 11 heteroatoms. The van der Waals surface area contributed by atoms with Gasteiger partial charge in [0.05, 0.1) is 37.7 Å². The Balaban J connectivity index is 1.34. The Hall–Kier alpha value is -6.02. The number of hydrogen-bond acceptors (Lipinski definition) is 7. The van der Waals surface area contributed by atoms with Crippen molar-refractivity contribution in [3.8, 4) is 23.3 Å². The number of ether oxygens (including phenoxy) is 4. The lowest BCUT2D eigenvalue weighted by Gasteiger charge is -2.14. The Morgan fingerprint density at radius 3 is 1.76 bits per heavy atom. The van der Waals surface area contributed by atoms with Crippen molar-refractivity contribution in [3.63, 3.8) is 0 Å². The normalized spacial score (nSPS) is 10.7. The number of benzene rings is 4. The fourth-order valence-electron chi connectivity index (χ4n) is 4.65. The van der Waals surface area contributed by atoms with Crippen LogP contribution in [0.25, 0.3) is 10.8 Å². The highest BCUT2D eigenvalue weighted by atomic mass is 19.4. The van der Waals surface area contributed by atoms with Crippen LogP contribution in [0.2, 0.25) is 0 Å². The average Bonchev–Trinajstić information content (AvgIpc) is 3.13. The molecule has 1 N–H and O–H groups in total. The fourth-order valence-corrected chi connectivity index (χ4v) is 4.65. The molecule has 264 valence electrons. The molecular formula is C40H36F3NO7. The molecule has 0 spiro atoms. The van der Waals surface area contributed by atoms with Gasteiger partial charge in [0, 0.05) is 28.8 Å². The lowest BCUT2D eigenvalue weighted by atomic mass is 10.1. The van der Waals surface area contributed by atoms with Crippen molar-refractivity contribution in [2.24, 2.45) is 0 Å². The van der Waals surface area contributed by atoms with Gasteiger partial charge in [0.15, 0.2) is 0 Å². The zero-order valence-electron chi connectivity index (χ0n) is 27.7. The molecule has 0 unspecified atom stereocenters. The summed E-state index contributed by atoms with van der Waals surface area (Å²) >= 11 is 0. The third kappa shape index (κ3) is 12.1. The predicted molar refractivity (Wildman–Crippen MR) is 188 cm³/mol. The van der Waals surface area contributed by atoms with Crippen molar-refractivity contribution in [1.29, 1.82) is 0 Å². The first-order valence-corrected chi connectivity index (χ1v) is 16.1. The van der Waals surface area contributed by atoms with Gasteiger partial charge in [-0.15, -0.1) is 0 Å². The first-order valence-electron chi connectivity index (χ1n) is 16.1. The van der Waals surface area contributed by atoms with Gasteiger partial charge in [-0.1, -0.05) is 37.1 Å². The minimum Gasteiger partial charge on any atom is -0.494 e.